The number of hydrogen-bond acceptors (Lipinski definition) is 3. The third-order valence-electron chi connectivity index (χ3n) is 3.94. The zero-order valence-electron chi connectivity index (χ0n) is 13.0. The maximum absolute atomic E-state index is 12.9. The number of carbonyl (C=O) groups excluding carboxylic acids is 2. The number of aryl methyl sites for hydroxylation is 2. The van der Waals surface area contributed by atoms with Crippen LogP contribution in [-0.4, -0.2) is 17.9 Å². The van der Waals surface area contributed by atoms with Gasteiger partial charge in [0.2, 0.25) is 5.91 Å². The molecule has 1 aliphatic rings. The molecule has 118 valence electrons. The molecule has 0 spiro atoms. The number of imide groups is 1. The molecule has 0 radical (unpaired) electrons. The number of amides is 2. The van der Waals surface area contributed by atoms with E-state index >= 15 is 0 Å². The Hall–Kier alpha value is -2.69. The lowest BCUT2D eigenvalue weighted by molar-refractivity contribution is -0.121. The van der Waals surface area contributed by atoms with Gasteiger partial charge in [-0.25, -0.2) is 9.29 Å². The average Bonchev–Trinajstić information content (AvgIpc) is 2.78. The first-order valence-corrected chi connectivity index (χ1v) is 7.42. The van der Waals surface area contributed by atoms with Gasteiger partial charge < -0.3 is 5.32 Å². The molecule has 3 rings (SSSR count). The predicted molar refractivity (Wildman–Crippen MR) is 86.8 cm³/mol. The van der Waals surface area contributed by atoms with E-state index in [-0.39, 0.29) is 24.1 Å². The Labute approximate surface area is 133 Å². The van der Waals surface area contributed by atoms with Gasteiger partial charge in [-0.05, 0) is 55.3 Å². The van der Waals surface area contributed by atoms with Crippen LogP contribution in [0.3, 0.4) is 0 Å². The Morgan fingerprint density at radius 1 is 1.09 bits per heavy atom. The van der Waals surface area contributed by atoms with E-state index in [1.165, 1.54) is 17.0 Å². The second kappa shape index (κ2) is 5.83. The van der Waals surface area contributed by atoms with Gasteiger partial charge >= 0.3 is 0 Å². The summed E-state index contributed by atoms with van der Waals surface area (Å²) in [5, 5.41) is 3.00. The molecular formula is C18H17FN2O2. The molecule has 4 nitrogen and oxygen atoms in total. The molecule has 1 atom stereocenters. The van der Waals surface area contributed by atoms with Crippen LogP contribution in [0.5, 0.6) is 0 Å². The van der Waals surface area contributed by atoms with Crippen LogP contribution < -0.4 is 10.2 Å². The van der Waals surface area contributed by atoms with Crippen LogP contribution in [0.15, 0.2) is 42.5 Å². The predicted octanol–water partition coefficient (Wildman–Crippen LogP) is 3.19. The molecule has 0 unspecified atom stereocenters. The van der Waals surface area contributed by atoms with Gasteiger partial charge in [0.1, 0.15) is 11.9 Å². The summed E-state index contributed by atoms with van der Waals surface area (Å²) in [7, 11) is 0. The summed E-state index contributed by atoms with van der Waals surface area (Å²) in [6, 6.07) is 10.8. The number of rotatable bonds is 3. The standard InChI is InChI=1S/C18H17FN2O2/c1-11-3-4-12(2)16(9-11)21-17(22)10-15(18(21)23)20-14-7-5-13(19)6-8-14/h3-9,15,20H,10H2,1-2H3/t15-/m0/s1. The molecule has 0 aliphatic carbocycles. The molecule has 0 saturated carbocycles. The maximum atomic E-state index is 12.9. The number of halogens is 1. The lowest BCUT2D eigenvalue weighted by atomic mass is 10.1. The summed E-state index contributed by atoms with van der Waals surface area (Å²) in [6.45, 7) is 3.79. The highest BCUT2D eigenvalue weighted by Gasteiger charge is 2.40. The van der Waals surface area contributed by atoms with E-state index in [2.05, 4.69) is 5.32 Å². The van der Waals surface area contributed by atoms with Crippen LogP contribution in [0.2, 0.25) is 0 Å². The van der Waals surface area contributed by atoms with Crippen molar-refractivity contribution in [2.24, 2.45) is 0 Å². The molecule has 1 aliphatic heterocycles. The van der Waals surface area contributed by atoms with Gasteiger partial charge in [-0.15, -0.1) is 0 Å². The molecule has 0 bridgehead atoms. The number of benzene rings is 2. The van der Waals surface area contributed by atoms with Crippen molar-refractivity contribution in [3.8, 4) is 0 Å². The minimum absolute atomic E-state index is 0.0869. The molecule has 2 amide bonds. The third kappa shape index (κ3) is 2.95. The molecule has 2 aromatic rings. The molecular weight excluding hydrogens is 295 g/mol. The monoisotopic (exact) mass is 312 g/mol. The number of anilines is 2. The van der Waals surface area contributed by atoms with Crippen LogP contribution >= 0.6 is 0 Å². The van der Waals surface area contributed by atoms with E-state index < -0.39 is 6.04 Å². The normalized spacial score (nSPS) is 17.7. The van der Waals surface area contributed by atoms with Gasteiger partial charge in [-0.3, -0.25) is 9.59 Å². The number of hydrogen-bond donors (Lipinski definition) is 1. The molecule has 5 heteroatoms. The van der Waals surface area contributed by atoms with Crippen LogP contribution in [0.4, 0.5) is 15.8 Å². The summed E-state index contributed by atoms with van der Waals surface area (Å²) >= 11 is 0. The fourth-order valence-corrected chi connectivity index (χ4v) is 2.71. The highest BCUT2D eigenvalue weighted by Crippen LogP contribution is 2.28. The fraction of sp³-hybridized carbons (Fsp3) is 0.222. The van der Waals surface area contributed by atoms with E-state index in [0.717, 1.165) is 11.1 Å². The van der Waals surface area contributed by atoms with E-state index in [4.69, 9.17) is 0 Å². The minimum atomic E-state index is -0.632. The van der Waals surface area contributed by atoms with Gasteiger partial charge in [-0.2, -0.15) is 0 Å². The Bertz CT molecular complexity index is 771. The minimum Gasteiger partial charge on any atom is -0.373 e. The van der Waals surface area contributed by atoms with Gasteiger partial charge in [-0.1, -0.05) is 12.1 Å². The highest BCUT2D eigenvalue weighted by molar-refractivity contribution is 6.23. The quantitative estimate of drug-likeness (QED) is 0.886. The van der Waals surface area contributed by atoms with Crippen molar-refractivity contribution in [3.63, 3.8) is 0 Å². The van der Waals surface area contributed by atoms with Crippen molar-refractivity contribution in [2.45, 2.75) is 26.3 Å². The van der Waals surface area contributed by atoms with Crippen LogP contribution in [0, 0.1) is 19.7 Å². The molecule has 23 heavy (non-hydrogen) atoms. The van der Waals surface area contributed by atoms with Crippen molar-refractivity contribution < 1.29 is 14.0 Å². The van der Waals surface area contributed by atoms with Gasteiger partial charge in [0.05, 0.1) is 12.1 Å². The Morgan fingerprint density at radius 2 is 1.78 bits per heavy atom. The van der Waals surface area contributed by atoms with Gasteiger partial charge in [0.15, 0.2) is 0 Å². The first-order chi connectivity index (χ1) is 11.0. The first kappa shape index (κ1) is 15.2. The largest absolute Gasteiger partial charge is 0.373 e. The molecule has 0 aromatic heterocycles. The Morgan fingerprint density at radius 3 is 2.48 bits per heavy atom. The zero-order chi connectivity index (χ0) is 16.6. The fourth-order valence-electron chi connectivity index (χ4n) is 2.71. The number of nitrogens with one attached hydrogen (secondary N) is 1. The van der Waals surface area contributed by atoms with Crippen molar-refractivity contribution in [1.29, 1.82) is 0 Å². The van der Waals surface area contributed by atoms with E-state index in [1.807, 2.05) is 32.0 Å². The SMILES string of the molecule is Cc1ccc(C)c(N2C(=O)C[C@H](Nc3ccc(F)cc3)C2=O)c1. The highest BCUT2D eigenvalue weighted by atomic mass is 19.1. The Kier molecular flexibility index (Phi) is 3.86. The molecule has 1 N–H and O–H groups in total. The van der Waals surface area contributed by atoms with E-state index in [1.54, 1.807) is 12.1 Å². The van der Waals surface area contributed by atoms with E-state index in [0.29, 0.717) is 11.4 Å². The van der Waals surface area contributed by atoms with Crippen LogP contribution in [0.25, 0.3) is 0 Å². The van der Waals surface area contributed by atoms with Crippen LogP contribution in [-0.2, 0) is 9.59 Å². The second-order valence-corrected chi connectivity index (χ2v) is 5.77. The zero-order valence-corrected chi connectivity index (χ0v) is 13.0. The molecule has 2 aromatic carbocycles. The summed E-state index contributed by atoms with van der Waals surface area (Å²) in [6.07, 6.45) is 0.0869. The maximum Gasteiger partial charge on any atom is 0.256 e. The third-order valence-corrected chi connectivity index (χ3v) is 3.94. The van der Waals surface area contributed by atoms with Crippen molar-refractivity contribution in [1.82, 2.24) is 0 Å². The van der Waals surface area contributed by atoms with Crippen LogP contribution in [0.1, 0.15) is 17.5 Å². The van der Waals surface area contributed by atoms with Crippen molar-refractivity contribution >= 4 is 23.2 Å². The number of carbonyl (C=O) groups is 2. The van der Waals surface area contributed by atoms with Gasteiger partial charge in [0.25, 0.3) is 5.91 Å². The van der Waals surface area contributed by atoms with Crippen molar-refractivity contribution in [2.75, 3.05) is 10.2 Å². The summed E-state index contributed by atoms with van der Waals surface area (Å²) < 4.78 is 12.9. The molecule has 1 heterocycles. The number of nitrogens with zero attached hydrogens (tertiary/aromatic N) is 1. The summed E-state index contributed by atoms with van der Waals surface area (Å²) in [4.78, 5) is 26.2. The summed E-state index contributed by atoms with van der Waals surface area (Å²) in [5.41, 5.74) is 3.10. The summed E-state index contributed by atoms with van der Waals surface area (Å²) in [5.74, 6) is -0.863. The van der Waals surface area contributed by atoms with Crippen molar-refractivity contribution in [3.05, 3.63) is 59.4 Å². The molecule has 1 saturated heterocycles. The molecule has 1 fully saturated rings. The lowest BCUT2D eigenvalue weighted by Crippen LogP contribution is -2.35. The first-order valence-electron chi connectivity index (χ1n) is 7.42. The lowest BCUT2D eigenvalue weighted by Gasteiger charge is -2.18. The van der Waals surface area contributed by atoms with E-state index in [9.17, 15) is 14.0 Å². The second-order valence-electron chi connectivity index (χ2n) is 5.77. The smallest absolute Gasteiger partial charge is 0.256 e. The Balaban J connectivity index is 1.85. The average molecular weight is 312 g/mol. The van der Waals surface area contributed by atoms with Gasteiger partial charge in [0, 0.05) is 5.69 Å². The topological polar surface area (TPSA) is 49.4 Å².